The summed E-state index contributed by atoms with van der Waals surface area (Å²) in [4.78, 5) is 29.9. The van der Waals surface area contributed by atoms with Gasteiger partial charge in [0.2, 0.25) is 0 Å². The van der Waals surface area contributed by atoms with Gasteiger partial charge in [-0.1, -0.05) is 25.3 Å². The number of ether oxygens (including phenoxy) is 1. The molecule has 0 aromatic heterocycles. The molecule has 0 N–H and O–H groups in total. The zero-order chi connectivity index (χ0) is 21.3. The minimum atomic E-state index is -0.369. The third kappa shape index (κ3) is 3.91. The molecule has 160 valence electrons. The van der Waals surface area contributed by atoms with Crippen molar-refractivity contribution in [2.24, 2.45) is 0 Å². The van der Waals surface area contributed by atoms with Gasteiger partial charge in [0.1, 0.15) is 11.4 Å². The number of nitro groups is 1. The molecule has 1 saturated carbocycles. The number of carbonyl (C=O) groups excluding carboxylic acids is 1. The summed E-state index contributed by atoms with van der Waals surface area (Å²) in [5.41, 5.74) is 1.68. The summed E-state index contributed by atoms with van der Waals surface area (Å²) in [7, 11) is 1.78. The van der Waals surface area contributed by atoms with Gasteiger partial charge in [-0.25, -0.2) is 0 Å². The lowest BCUT2D eigenvalue weighted by molar-refractivity contribution is -0.384. The highest BCUT2D eigenvalue weighted by molar-refractivity contribution is 7.80. The van der Waals surface area contributed by atoms with Gasteiger partial charge in [-0.15, -0.1) is 0 Å². The molecule has 8 nitrogen and oxygen atoms in total. The predicted octanol–water partition coefficient (Wildman–Crippen LogP) is 3.16. The number of hydrogen-bond acceptors (Lipinski definition) is 6. The number of likely N-dealkylation sites (N-methyl/N-ethyl adjacent to an activating group) is 1. The third-order valence-electron chi connectivity index (χ3n) is 6.08. The molecule has 0 unspecified atom stereocenters. The molecule has 2 aliphatic heterocycles. The van der Waals surface area contributed by atoms with Gasteiger partial charge in [-0.05, 0) is 42.8 Å². The van der Waals surface area contributed by atoms with Crippen molar-refractivity contribution in [2.75, 3.05) is 38.3 Å². The fourth-order valence-corrected chi connectivity index (χ4v) is 4.77. The van der Waals surface area contributed by atoms with Crippen LogP contribution in [0.3, 0.4) is 0 Å². The van der Waals surface area contributed by atoms with E-state index >= 15 is 0 Å². The van der Waals surface area contributed by atoms with Gasteiger partial charge >= 0.3 is 0 Å². The summed E-state index contributed by atoms with van der Waals surface area (Å²) in [6.07, 6.45) is 7.04. The largest absolute Gasteiger partial charge is 0.378 e. The van der Waals surface area contributed by atoms with Gasteiger partial charge in [0.15, 0.2) is 5.11 Å². The van der Waals surface area contributed by atoms with E-state index in [0.717, 1.165) is 25.7 Å². The van der Waals surface area contributed by atoms with E-state index in [0.29, 0.717) is 48.4 Å². The minimum absolute atomic E-state index is 0.0334. The molecule has 0 spiro atoms. The lowest BCUT2D eigenvalue weighted by Gasteiger charge is -2.30. The van der Waals surface area contributed by atoms with Crippen LogP contribution in [-0.2, 0) is 9.53 Å². The van der Waals surface area contributed by atoms with Crippen molar-refractivity contribution in [1.29, 1.82) is 0 Å². The molecular weight excluding hydrogens is 404 g/mol. The first kappa shape index (κ1) is 20.7. The molecule has 0 radical (unpaired) electrons. The average Bonchev–Trinajstić information content (AvgIpc) is 2.98. The molecule has 2 saturated heterocycles. The number of amides is 1. The highest BCUT2D eigenvalue weighted by Crippen LogP contribution is 2.33. The van der Waals surface area contributed by atoms with Crippen molar-refractivity contribution in [3.8, 4) is 0 Å². The van der Waals surface area contributed by atoms with Gasteiger partial charge in [-0.3, -0.25) is 19.8 Å². The molecule has 1 aliphatic carbocycles. The van der Waals surface area contributed by atoms with Crippen molar-refractivity contribution in [1.82, 2.24) is 9.80 Å². The molecule has 3 fully saturated rings. The maximum absolute atomic E-state index is 13.1. The van der Waals surface area contributed by atoms with Crippen molar-refractivity contribution < 1.29 is 14.5 Å². The van der Waals surface area contributed by atoms with E-state index in [1.807, 2.05) is 11.0 Å². The smallest absolute Gasteiger partial charge is 0.293 e. The van der Waals surface area contributed by atoms with Crippen LogP contribution in [0.2, 0.25) is 0 Å². The van der Waals surface area contributed by atoms with Gasteiger partial charge in [0.25, 0.3) is 11.6 Å². The van der Waals surface area contributed by atoms with Gasteiger partial charge in [0, 0.05) is 32.2 Å². The van der Waals surface area contributed by atoms with E-state index in [-0.39, 0.29) is 22.6 Å². The van der Waals surface area contributed by atoms with Crippen LogP contribution in [0.1, 0.15) is 37.7 Å². The van der Waals surface area contributed by atoms with E-state index < -0.39 is 0 Å². The van der Waals surface area contributed by atoms with Crippen molar-refractivity contribution in [3.63, 3.8) is 0 Å². The Balaban J connectivity index is 1.63. The molecular formula is C21H26N4O4S. The number of morpholine rings is 1. The summed E-state index contributed by atoms with van der Waals surface area (Å²) in [5.74, 6) is -0.116. The Labute approximate surface area is 181 Å². The van der Waals surface area contributed by atoms with Crippen molar-refractivity contribution in [2.45, 2.75) is 38.1 Å². The highest BCUT2D eigenvalue weighted by atomic mass is 32.1. The second-order valence-electron chi connectivity index (χ2n) is 7.94. The molecule has 4 rings (SSSR count). The van der Waals surface area contributed by atoms with E-state index in [2.05, 4.69) is 0 Å². The Morgan fingerprint density at radius 3 is 2.57 bits per heavy atom. The van der Waals surface area contributed by atoms with E-state index in [4.69, 9.17) is 17.0 Å². The topological polar surface area (TPSA) is 79.2 Å². The Morgan fingerprint density at radius 2 is 1.90 bits per heavy atom. The van der Waals surface area contributed by atoms with E-state index in [9.17, 15) is 14.9 Å². The Bertz CT molecular complexity index is 891. The lowest BCUT2D eigenvalue weighted by atomic mass is 9.94. The first-order chi connectivity index (χ1) is 14.5. The SMILES string of the molecule is CN1C(=S)N(C2CCCCC2)C(=O)C1=Cc1ccc(N2CCOCC2)c([N+](=O)[O-])c1. The van der Waals surface area contributed by atoms with Crippen LogP contribution in [-0.4, -0.2) is 65.1 Å². The molecule has 2 heterocycles. The molecule has 1 amide bonds. The van der Waals surface area contributed by atoms with E-state index in [1.54, 1.807) is 29.0 Å². The standard InChI is InChI=1S/C21H26N4O4S/c1-22-19(20(26)24(21(22)30)16-5-3-2-4-6-16)14-15-7-8-17(18(13-15)25(27)28)23-9-11-29-12-10-23/h7-8,13-14,16H,2-6,9-12H2,1H3. The number of nitrogens with zero attached hydrogens (tertiary/aromatic N) is 4. The predicted molar refractivity (Wildman–Crippen MR) is 118 cm³/mol. The maximum Gasteiger partial charge on any atom is 0.293 e. The minimum Gasteiger partial charge on any atom is -0.378 e. The number of thiocarbonyl (C=S) groups is 1. The summed E-state index contributed by atoms with van der Waals surface area (Å²) >= 11 is 5.55. The van der Waals surface area contributed by atoms with Gasteiger partial charge in [0.05, 0.1) is 18.1 Å². The maximum atomic E-state index is 13.1. The summed E-state index contributed by atoms with van der Waals surface area (Å²) in [5, 5.41) is 12.2. The van der Waals surface area contributed by atoms with Crippen molar-refractivity contribution >= 4 is 40.7 Å². The van der Waals surface area contributed by atoms with Crippen LogP contribution in [0.4, 0.5) is 11.4 Å². The summed E-state index contributed by atoms with van der Waals surface area (Å²) < 4.78 is 5.35. The van der Waals surface area contributed by atoms with Gasteiger partial charge in [-0.2, -0.15) is 0 Å². The van der Waals surface area contributed by atoms with Crippen LogP contribution in [0, 0.1) is 10.1 Å². The Kier molecular flexibility index (Phi) is 6.01. The van der Waals surface area contributed by atoms with Crippen LogP contribution in [0.25, 0.3) is 6.08 Å². The molecule has 1 aromatic carbocycles. The number of hydrogen-bond donors (Lipinski definition) is 0. The van der Waals surface area contributed by atoms with Crippen LogP contribution < -0.4 is 4.90 Å². The second-order valence-corrected chi connectivity index (χ2v) is 8.31. The average molecular weight is 431 g/mol. The van der Waals surface area contributed by atoms with Crippen LogP contribution >= 0.6 is 12.2 Å². The molecule has 3 aliphatic rings. The zero-order valence-electron chi connectivity index (χ0n) is 17.1. The fraction of sp³-hybridized carbons (Fsp3) is 0.524. The van der Waals surface area contributed by atoms with E-state index in [1.165, 1.54) is 12.5 Å². The van der Waals surface area contributed by atoms with Crippen LogP contribution in [0.5, 0.6) is 0 Å². The van der Waals surface area contributed by atoms with Gasteiger partial charge < -0.3 is 14.5 Å². The number of rotatable bonds is 4. The molecule has 0 atom stereocenters. The first-order valence-corrected chi connectivity index (χ1v) is 10.8. The second kappa shape index (κ2) is 8.69. The third-order valence-corrected chi connectivity index (χ3v) is 6.55. The number of nitro benzene ring substituents is 1. The number of carbonyl (C=O) groups is 1. The summed E-state index contributed by atoms with van der Waals surface area (Å²) in [6.45, 7) is 2.34. The quantitative estimate of drug-likeness (QED) is 0.314. The highest BCUT2D eigenvalue weighted by Gasteiger charge is 2.40. The number of anilines is 1. The molecule has 0 bridgehead atoms. The molecule has 1 aromatic rings. The normalized spacial score (nSPS) is 22.3. The summed E-state index contributed by atoms with van der Waals surface area (Å²) in [6, 6.07) is 5.25. The molecule has 9 heteroatoms. The molecule has 30 heavy (non-hydrogen) atoms. The Morgan fingerprint density at radius 1 is 1.20 bits per heavy atom. The van der Waals surface area contributed by atoms with Crippen LogP contribution in [0.15, 0.2) is 23.9 Å². The lowest BCUT2D eigenvalue weighted by Crippen LogP contribution is -2.41. The number of benzene rings is 1. The fourth-order valence-electron chi connectivity index (χ4n) is 4.44. The first-order valence-electron chi connectivity index (χ1n) is 10.4. The van der Waals surface area contributed by atoms with Crippen molar-refractivity contribution in [3.05, 3.63) is 39.6 Å². The zero-order valence-corrected chi connectivity index (χ0v) is 17.9. The monoisotopic (exact) mass is 430 g/mol. The Hall–Kier alpha value is -2.52.